The maximum Gasteiger partial charge on any atom is 0.308 e. The molecule has 6 heteroatoms. The van der Waals surface area contributed by atoms with E-state index in [-0.39, 0.29) is 5.75 Å². The minimum Gasteiger partial charge on any atom is -0.497 e. The molecule has 0 bridgehead atoms. The zero-order valence-electron chi connectivity index (χ0n) is 10.7. The van der Waals surface area contributed by atoms with E-state index in [9.17, 15) is 13.2 Å². The number of carboxylic acids is 1. The first kappa shape index (κ1) is 13.9. The molecule has 1 aromatic carbocycles. The van der Waals surface area contributed by atoms with Crippen LogP contribution >= 0.6 is 0 Å². The number of methoxy groups -OCH3 is 1. The molecule has 0 unspecified atom stereocenters. The lowest BCUT2D eigenvalue weighted by Crippen LogP contribution is -2.14. The Morgan fingerprint density at radius 1 is 1.32 bits per heavy atom. The van der Waals surface area contributed by atoms with Crippen molar-refractivity contribution < 1.29 is 23.1 Å². The Balaban J connectivity index is 2.30. The molecule has 3 atom stereocenters. The van der Waals surface area contributed by atoms with Gasteiger partial charge in [0.05, 0.1) is 18.3 Å². The van der Waals surface area contributed by atoms with Gasteiger partial charge in [-0.3, -0.25) is 4.79 Å². The predicted molar refractivity (Wildman–Crippen MR) is 70.1 cm³/mol. The molecule has 0 aromatic heterocycles. The Morgan fingerprint density at radius 2 is 1.89 bits per heavy atom. The average Bonchev–Trinajstić information content (AvgIpc) is 3.15. The quantitative estimate of drug-likeness (QED) is 0.881. The standard InChI is InChI=1S/C13H16O5S/c1-3-19(16,17)12-10(11(12)13(14)15)8-4-6-9(18-2)7-5-8/h4-7,10-12H,3H2,1-2H3,(H,14,15)/t10-,11-,12-/m0/s1. The van der Waals surface area contributed by atoms with Crippen LogP contribution in [-0.2, 0) is 14.6 Å². The fourth-order valence-corrected chi connectivity index (χ4v) is 4.24. The van der Waals surface area contributed by atoms with Gasteiger partial charge in [0.15, 0.2) is 9.84 Å². The fraction of sp³-hybridized carbons (Fsp3) is 0.462. The summed E-state index contributed by atoms with van der Waals surface area (Å²) in [5.41, 5.74) is 0.732. The molecule has 1 fully saturated rings. The highest BCUT2D eigenvalue weighted by Crippen LogP contribution is 2.52. The minimum absolute atomic E-state index is 0.0336. The van der Waals surface area contributed by atoms with Gasteiger partial charge in [-0.15, -0.1) is 0 Å². The summed E-state index contributed by atoms with van der Waals surface area (Å²) in [7, 11) is -1.81. The predicted octanol–water partition coefficient (Wildman–Crippen LogP) is 1.30. The zero-order valence-corrected chi connectivity index (χ0v) is 11.6. The van der Waals surface area contributed by atoms with E-state index in [2.05, 4.69) is 0 Å². The maximum absolute atomic E-state index is 11.9. The number of aliphatic carboxylic acids is 1. The van der Waals surface area contributed by atoms with Gasteiger partial charge in [-0.1, -0.05) is 19.1 Å². The van der Waals surface area contributed by atoms with E-state index in [4.69, 9.17) is 9.84 Å². The third-order valence-electron chi connectivity index (χ3n) is 3.56. The number of hydrogen-bond donors (Lipinski definition) is 1. The van der Waals surface area contributed by atoms with Gasteiger partial charge in [0.2, 0.25) is 0 Å². The number of hydrogen-bond acceptors (Lipinski definition) is 4. The molecule has 0 spiro atoms. The number of ether oxygens (including phenoxy) is 1. The van der Waals surface area contributed by atoms with Crippen molar-refractivity contribution in [2.45, 2.75) is 18.1 Å². The van der Waals surface area contributed by atoms with Gasteiger partial charge in [-0.05, 0) is 17.7 Å². The highest BCUT2D eigenvalue weighted by Gasteiger charge is 2.62. The Labute approximate surface area is 112 Å². The van der Waals surface area contributed by atoms with E-state index in [0.29, 0.717) is 5.75 Å². The number of carbonyl (C=O) groups is 1. The molecule has 0 aliphatic heterocycles. The van der Waals surface area contributed by atoms with Crippen molar-refractivity contribution in [1.82, 2.24) is 0 Å². The zero-order chi connectivity index (χ0) is 14.2. The van der Waals surface area contributed by atoms with E-state index in [0.717, 1.165) is 5.56 Å². The van der Waals surface area contributed by atoms with Crippen LogP contribution < -0.4 is 4.74 Å². The Morgan fingerprint density at radius 3 is 2.32 bits per heavy atom. The van der Waals surface area contributed by atoms with Crippen molar-refractivity contribution in [2.75, 3.05) is 12.9 Å². The topological polar surface area (TPSA) is 80.7 Å². The van der Waals surface area contributed by atoms with Crippen LogP contribution in [0.25, 0.3) is 0 Å². The van der Waals surface area contributed by atoms with Crippen molar-refractivity contribution in [2.24, 2.45) is 5.92 Å². The molecule has 0 heterocycles. The molecule has 1 aromatic rings. The summed E-state index contributed by atoms with van der Waals surface area (Å²) in [6.45, 7) is 1.54. The van der Waals surface area contributed by atoms with E-state index >= 15 is 0 Å². The van der Waals surface area contributed by atoms with Crippen LogP contribution in [0.1, 0.15) is 18.4 Å². The fourth-order valence-electron chi connectivity index (χ4n) is 2.44. The Bertz CT molecular complexity index is 576. The molecular weight excluding hydrogens is 268 g/mol. The summed E-state index contributed by atoms with van der Waals surface area (Å²) in [5.74, 6) is -1.71. The van der Waals surface area contributed by atoms with Crippen molar-refractivity contribution >= 4 is 15.8 Å². The van der Waals surface area contributed by atoms with Crippen molar-refractivity contribution in [3.63, 3.8) is 0 Å². The monoisotopic (exact) mass is 284 g/mol. The SMILES string of the molecule is CCS(=O)(=O)[C@@H]1[C@@H](C(=O)O)[C@@H]1c1ccc(OC)cc1. The molecule has 1 saturated carbocycles. The van der Waals surface area contributed by atoms with Gasteiger partial charge < -0.3 is 9.84 Å². The largest absolute Gasteiger partial charge is 0.497 e. The van der Waals surface area contributed by atoms with Crippen molar-refractivity contribution in [3.05, 3.63) is 29.8 Å². The first-order valence-corrected chi connectivity index (χ1v) is 7.72. The average molecular weight is 284 g/mol. The summed E-state index contributed by atoms with van der Waals surface area (Å²) < 4.78 is 28.8. The van der Waals surface area contributed by atoms with Crippen LogP contribution in [0, 0.1) is 5.92 Å². The van der Waals surface area contributed by atoms with Crippen molar-refractivity contribution in [3.8, 4) is 5.75 Å². The Hall–Kier alpha value is -1.56. The number of carboxylic acid groups (broad SMARTS) is 1. The summed E-state index contributed by atoms with van der Waals surface area (Å²) in [4.78, 5) is 11.2. The third kappa shape index (κ3) is 2.45. The molecule has 2 rings (SSSR count). The number of benzene rings is 1. The normalized spacial score (nSPS) is 25.9. The second kappa shape index (κ2) is 4.85. The second-order valence-corrected chi connectivity index (χ2v) is 7.03. The lowest BCUT2D eigenvalue weighted by atomic mass is 10.1. The lowest BCUT2D eigenvalue weighted by molar-refractivity contribution is -0.138. The molecule has 0 saturated heterocycles. The molecular formula is C13H16O5S. The molecule has 104 valence electrons. The van der Waals surface area contributed by atoms with Crippen LogP contribution in [0.4, 0.5) is 0 Å². The summed E-state index contributed by atoms with van der Waals surface area (Å²) in [6.07, 6.45) is 0. The third-order valence-corrected chi connectivity index (χ3v) is 5.78. The lowest BCUT2D eigenvalue weighted by Gasteiger charge is -2.03. The van der Waals surface area contributed by atoms with Crippen molar-refractivity contribution in [1.29, 1.82) is 0 Å². The van der Waals surface area contributed by atoms with Gasteiger partial charge in [0, 0.05) is 11.7 Å². The number of rotatable bonds is 5. The highest BCUT2D eigenvalue weighted by atomic mass is 32.2. The van der Waals surface area contributed by atoms with E-state index in [1.807, 2.05) is 0 Å². The molecule has 1 aliphatic carbocycles. The first-order chi connectivity index (χ1) is 8.92. The summed E-state index contributed by atoms with van der Waals surface area (Å²) >= 11 is 0. The van der Waals surface area contributed by atoms with Crippen LogP contribution in [0.2, 0.25) is 0 Å². The molecule has 1 N–H and O–H groups in total. The molecule has 0 amide bonds. The summed E-state index contributed by atoms with van der Waals surface area (Å²) in [6, 6.07) is 6.87. The smallest absolute Gasteiger partial charge is 0.308 e. The van der Waals surface area contributed by atoms with Crippen LogP contribution in [0.5, 0.6) is 5.75 Å². The number of sulfone groups is 1. The van der Waals surface area contributed by atoms with Gasteiger partial charge in [-0.25, -0.2) is 8.42 Å². The van der Waals surface area contributed by atoms with E-state index < -0.39 is 32.9 Å². The first-order valence-electron chi connectivity index (χ1n) is 6.00. The van der Waals surface area contributed by atoms with Gasteiger partial charge in [-0.2, -0.15) is 0 Å². The van der Waals surface area contributed by atoms with Crippen LogP contribution in [0.3, 0.4) is 0 Å². The second-order valence-electron chi connectivity index (χ2n) is 4.58. The molecule has 0 radical (unpaired) electrons. The van der Waals surface area contributed by atoms with Crippen LogP contribution in [-0.4, -0.2) is 37.6 Å². The minimum atomic E-state index is -3.34. The Kier molecular flexibility index (Phi) is 3.54. The van der Waals surface area contributed by atoms with Gasteiger partial charge >= 0.3 is 5.97 Å². The molecule has 5 nitrogen and oxygen atoms in total. The van der Waals surface area contributed by atoms with Crippen LogP contribution in [0.15, 0.2) is 24.3 Å². The maximum atomic E-state index is 11.9. The molecule has 1 aliphatic rings. The van der Waals surface area contributed by atoms with Gasteiger partial charge in [0.1, 0.15) is 5.75 Å². The van der Waals surface area contributed by atoms with Gasteiger partial charge in [0.25, 0.3) is 0 Å². The van der Waals surface area contributed by atoms with E-state index in [1.54, 1.807) is 24.3 Å². The van der Waals surface area contributed by atoms with E-state index in [1.165, 1.54) is 14.0 Å². The highest BCUT2D eigenvalue weighted by molar-refractivity contribution is 7.92. The molecule has 19 heavy (non-hydrogen) atoms. The summed E-state index contributed by atoms with van der Waals surface area (Å²) in [5, 5.41) is 8.32.